The topological polar surface area (TPSA) is 47.9 Å². The van der Waals surface area contributed by atoms with Crippen LogP contribution < -0.4 is 5.73 Å². The van der Waals surface area contributed by atoms with Crippen molar-refractivity contribution in [3.05, 3.63) is 0 Å². The van der Waals surface area contributed by atoms with Crippen LogP contribution >= 0.6 is 0 Å². The number of hydrogen-bond donors (Lipinski definition) is 2. The van der Waals surface area contributed by atoms with E-state index >= 15 is 0 Å². The molecule has 0 saturated heterocycles. The predicted octanol–water partition coefficient (Wildman–Crippen LogP) is 0.560. The molecule has 0 spiro atoms. The van der Waals surface area contributed by atoms with Gasteiger partial charge in [0.05, 0.1) is 12.1 Å². The Morgan fingerprint density at radius 3 is 2.23 bits per heavy atom. The lowest BCUT2D eigenvalue weighted by Crippen LogP contribution is -2.66. The Labute approximate surface area is 79.5 Å². The lowest BCUT2D eigenvalue weighted by molar-refractivity contribution is -0.407. The summed E-state index contributed by atoms with van der Waals surface area (Å²) in [6.07, 6.45) is 7.34. The SMILES string of the molecule is [NH3+]CC12C[C@@H]3C[C@@H](CC(O)(C3)C1)C2. The van der Waals surface area contributed by atoms with Gasteiger partial charge in [0.2, 0.25) is 0 Å². The van der Waals surface area contributed by atoms with Gasteiger partial charge in [-0.15, -0.1) is 0 Å². The van der Waals surface area contributed by atoms with E-state index in [0.717, 1.165) is 37.6 Å². The minimum absolute atomic E-state index is 0.276. The van der Waals surface area contributed by atoms with Crippen molar-refractivity contribution < 1.29 is 10.8 Å². The van der Waals surface area contributed by atoms with Gasteiger partial charge in [-0.05, 0) is 50.4 Å². The second kappa shape index (κ2) is 2.29. The number of quaternary nitrogens is 1. The van der Waals surface area contributed by atoms with Gasteiger partial charge in [-0.3, -0.25) is 0 Å². The summed E-state index contributed by atoms with van der Waals surface area (Å²) in [6, 6.07) is 0. The van der Waals surface area contributed by atoms with Crippen LogP contribution in [0.4, 0.5) is 0 Å². The van der Waals surface area contributed by atoms with Gasteiger partial charge in [0.15, 0.2) is 0 Å². The first kappa shape index (κ1) is 8.25. The highest BCUT2D eigenvalue weighted by Crippen LogP contribution is 2.60. The molecule has 0 amide bonds. The molecule has 4 atom stereocenters. The standard InChI is InChI=1S/C11H19NO/c12-7-10-2-8-1-9(3-10)5-11(13,4-8)6-10/h8-9,13H,1-7,12H2/p+1/t8-,9+,10?,11?. The maximum absolute atomic E-state index is 10.4. The minimum Gasteiger partial charge on any atom is -0.390 e. The van der Waals surface area contributed by atoms with E-state index in [-0.39, 0.29) is 5.60 Å². The van der Waals surface area contributed by atoms with Crippen molar-refractivity contribution in [1.29, 1.82) is 0 Å². The Morgan fingerprint density at radius 1 is 1.15 bits per heavy atom. The van der Waals surface area contributed by atoms with Crippen molar-refractivity contribution in [2.75, 3.05) is 6.54 Å². The summed E-state index contributed by atoms with van der Waals surface area (Å²) in [7, 11) is 0. The monoisotopic (exact) mass is 182 g/mol. The van der Waals surface area contributed by atoms with Gasteiger partial charge < -0.3 is 10.8 Å². The summed E-state index contributed by atoms with van der Waals surface area (Å²) < 4.78 is 0. The molecule has 0 aromatic heterocycles. The van der Waals surface area contributed by atoms with Crippen LogP contribution in [0.5, 0.6) is 0 Å². The molecule has 0 radical (unpaired) electrons. The zero-order valence-electron chi connectivity index (χ0n) is 8.26. The molecule has 4 aliphatic carbocycles. The van der Waals surface area contributed by atoms with E-state index in [1.165, 1.54) is 19.3 Å². The van der Waals surface area contributed by atoms with Crippen molar-refractivity contribution in [2.45, 2.75) is 44.1 Å². The smallest absolute Gasteiger partial charge is 0.0798 e. The zero-order chi connectivity index (χ0) is 9.10. The van der Waals surface area contributed by atoms with Gasteiger partial charge in [-0.25, -0.2) is 0 Å². The average Bonchev–Trinajstić information content (AvgIpc) is 1.99. The highest BCUT2D eigenvalue weighted by molar-refractivity contribution is 5.07. The minimum atomic E-state index is -0.276. The second-order valence-electron chi connectivity index (χ2n) is 5.94. The molecule has 4 N–H and O–H groups in total. The molecule has 0 heterocycles. The van der Waals surface area contributed by atoms with Crippen LogP contribution in [0.25, 0.3) is 0 Å². The van der Waals surface area contributed by atoms with Gasteiger partial charge in [-0.2, -0.15) is 0 Å². The molecule has 0 aliphatic heterocycles. The highest BCUT2D eigenvalue weighted by atomic mass is 16.3. The largest absolute Gasteiger partial charge is 0.390 e. The van der Waals surface area contributed by atoms with E-state index in [0.29, 0.717) is 5.41 Å². The second-order valence-corrected chi connectivity index (χ2v) is 5.94. The molecule has 74 valence electrons. The first-order chi connectivity index (χ1) is 6.13. The van der Waals surface area contributed by atoms with E-state index in [1.807, 2.05) is 0 Å². The quantitative estimate of drug-likeness (QED) is 0.611. The normalized spacial score (nSPS) is 58.6. The molecule has 2 nitrogen and oxygen atoms in total. The molecule has 0 aromatic rings. The molecule has 4 rings (SSSR count). The third-order valence-corrected chi connectivity index (χ3v) is 4.68. The molecule has 4 bridgehead atoms. The molecule has 4 saturated carbocycles. The van der Waals surface area contributed by atoms with Gasteiger partial charge in [0, 0.05) is 5.41 Å². The summed E-state index contributed by atoms with van der Waals surface area (Å²) >= 11 is 0. The maximum Gasteiger partial charge on any atom is 0.0798 e. The molecule has 2 heteroatoms. The summed E-state index contributed by atoms with van der Waals surface area (Å²) in [5, 5.41) is 10.4. The molecule has 4 fully saturated rings. The van der Waals surface area contributed by atoms with Crippen molar-refractivity contribution >= 4 is 0 Å². The summed E-state index contributed by atoms with van der Waals surface area (Å²) in [5.74, 6) is 1.65. The van der Waals surface area contributed by atoms with Crippen molar-refractivity contribution in [1.82, 2.24) is 0 Å². The van der Waals surface area contributed by atoms with Crippen LogP contribution in [0.1, 0.15) is 38.5 Å². The highest BCUT2D eigenvalue weighted by Gasteiger charge is 2.57. The molecule has 13 heavy (non-hydrogen) atoms. The molecule has 2 unspecified atom stereocenters. The van der Waals surface area contributed by atoms with Gasteiger partial charge >= 0.3 is 0 Å². The summed E-state index contributed by atoms with van der Waals surface area (Å²) in [4.78, 5) is 0. The fourth-order valence-corrected chi connectivity index (χ4v) is 4.69. The Hall–Kier alpha value is -0.0800. The lowest BCUT2D eigenvalue weighted by Gasteiger charge is -2.59. The lowest BCUT2D eigenvalue weighted by atomic mass is 9.48. The third-order valence-electron chi connectivity index (χ3n) is 4.68. The van der Waals surface area contributed by atoms with E-state index in [2.05, 4.69) is 5.73 Å². The van der Waals surface area contributed by atoms with Crippen LogP contribution in [-0.2, 0) is 0 Å². The van der Waals surface area contributed by atoms with Crippen molar-refractivity contribution in [2.24, 2.45) is 17.3 Å². The van der Waals surface area contributed by atoms with Gasteiger partial charge in [-0.1, -0.05) is 0 Å². The van der Waals surface area contributed by atoms with E-state index < -0.39 is 0 Å². The molecule has 0 aromatic carbocycles. The Bertz CT molecular complexity index is 224. The Morgan fingerprint density at radius 2 is 1.77 bits per heavy atom. The fraction of sp³-hybridized carbons (Fsp3) is 1.00. The molecular weight excluding hydrogens is 162 g/mol. The van der Waals surface area contributed by atoms with Crippen LogP contribution in [0, 0.1) is 17.3 Å². The molecule has 4 aliphatic rings. The third kappa shape index (κ3) is 1.08. The van der Waals surface area contributed by atoms with Crippen LogP contribution in [0.3, 0.4) is 0 Å². The summed E-state index contributed by atoms with van der Waals surface area (Å²) in [5.41, 5.74) is 4.26. The van der Waals surface area contributed by atoms with Crippen molar-refractivity contribution in [3.63, 3.8) is 0 Å². The van der Waals surface area contributed by atoms with E-state index in [9.17, 15) is 5.11 Å². The van der Waals surface area contributed by atoms with Crippen LogP contribution in [0.2, 0.25) is 0 Å². The predicted molar refractivity (Wildman–Crippen MR) is 49.8 cm³/mol. The first-order valence-corrected chi connectivity index (χ1v) is 5.65. The summed E-state index contributed by atoms with van der Waals surface area (Å²) in [6.45, 7) is 1.04. The zero-order valence-corrected chi connectivity index (χ0v) is 8.26. The number of aliphatic hydroxyl groups is 1. The number of hydrogen-bond acceptors (Lipinski definition) is 1. The van der Waals surface area contributed by atoms with Crippen molar-refractivity contribution in [3.8, 4) is 0 Å². The average molecular weight is 182 g/mol. The first-order valence-electron chi connectivity index (χ1n) is 5.65. The Kier molecular flexibility index (Phi) is 1.45. The van der Waals surface area contributed by atoms with Crippen LogP contribution in [0.15, 0.2) is 0 Å². The van der Waals surface area contributed by atoms with Gasteiger partial charge in [0.25, 0.3) is 0 Å². The fourth-order valence-electron chi connectivity index (χ4n) is 4.69. The van der Waals surface area contributed by atoms with E-state index in [4.69, 9.17) is 0 Å². The Balaban J connectivity index is 1.95. The van der Waals surface area contributed by atoms with Gasteiger partial charge in [0.1, 0.15) is 0 Å². The maximum atomic E-state index is 10.4. The van der Waals surface area contributed by atoms with E-state index in [1.54, 1.807) is 0 Å². The number of rotatable bonds is 1. The van der Waals surface area contributed by atoms with Crippen LogP contribution in [-0.4, -0.2) is 17.3 Å². The molecular formula is C11H20NO+.